The molecule has 2 saturated heterocycles. The summed E-state index contributed by atoms with van der Waals surface area (Å²) in [6.07, 6.45) is 3.16. The van der Waals surface area contributed by atoms with Gasteiger partial charge in [0, 0.05) is 24.6 Å². The fourth-order valence-electron chi connectivity index (χ4n) is 8.40. The average molecular weight is 821 g/mol. The minimum Gasteiger partial charge on any atom is -0.453 e. The zero-order valence-corrected chi connectivity index (χ0v) is 34.7. The van der Waals surface area contributed by atoms with Crippen LogP contribution in [0.1, 0.15) is 62.0 Å². The largest absolute Gasteiger partial charge is 0.453 e. The Morgan fingerprint density at radius 2 is 1.36 bits per heavy atom. The zero-order valence-electron chi connectivity index (χ0n) is 34.7. The second-order valence-electron chi connectivity index (χ2n) is 16.3. The maximum absolute atomic E-state index is 13.9. The Morgan fingerprint density at radius 3 is 2.00 bits per heavy atom. The summed E-state index contributed by atoms with van der Waals surface area (Å²) in [6, 6.07) is 27.7. The molecule has 2 aliphatic heterocycles. The Hall–Kier alpha value is -6.93. The maximum atomic E-state index is 13.9. The number of nitrogens with one attached hydrogen (secondary N) is 3. The Bertz CT molecular complexity index is 2620. The topological polar surface area (TPSA) is 174 Å². The lowest BCUT2D eigenvalue weighted by Crippen LogP contribution is -2.51. The Kier molecular flexibility index (Phi) is 11.4. The summed E-state index contributed by atoms with van der Waals surface area (Å²) in [7, 11) is 4.97. The highest BCUT2D eigenvalue weighted by molar-refractivity contribution is 5.95. The first kappa shape index (κ1) is 40.8. The highest BCUT2D eigenvalue weighted by atomic mass is 16.5. The van der Waals surface area contributed by atoms with Gasteiger partial charge in [0.25, 0.3) is 0 Å². The van der Waals surface area contributed by atoms with Crippen LogP contribution in [-0.4, -0.2) is 104 Å². The number of hydrogen-bond acceptors (Lipinski definition) is 9. The molecule has 0 unspecified atom stereocenters. The first-order valence-electron chi connectivity index (χ1n) is 20.3. The van der Waals surface area contributed by atoms with Gasteiger partial charge in [-0.05, 0) is 65.2 Å². The fraction of sp³-hybridized carbons (Fsp3) is 0.298. The number of amides is 3. The predicted molar refractivity (Wildman–Crippen MR) is 230 cm³/mol. The van der Waals surface area contributed by atoms with Gasteiger partial charge in [-0.25, -0.2) is 14.8 Å². The van der Waals surface area contributed by atoms with Crippen molar-refractivity contribution < 1.29 is 28.7 Å². The molecule has 3 N–H and O–H groups in total. The summed E-state index contributed by atoms with van der Waals surface area (Å²) < 4.78 is 4.72. The molecule has 2 fully saturated rings. The van der Waals surface area contributed by atoms with E-state index in [-0.39, 0.29) is 55.2 Å². The monoisotopic (exact) mass is 820 g/mol. The number of hydrogen-bond donors (Lipinski definition) is 3. The molecule has 14 heteroatoms. The van der Waals surface area contributed by atoms with E-state index in [1.165, 1.54) is 12.0 Å². The number of carbonyl (C=O) groups excluding carboxylic acids is 5. The second-order valence-corrected chi connectivity index (χ2v) is 16.3. The van der Waals surface area contributed by atoms with E-state index >= 15 is 0 Å². The number of likely N-dealkylation sites (N-methyl/N-ethyl adjacent to an activating group) is 1. The van der Waals surface area contributed by atoms with Crippen molar-refractivity contribution in [1.29, 1.82) is 0 Å². The van der Waals surface area contributed by atoms with Gasteiger partial charge >= 0.3 is 6.09 Å². The first-order valence-corrected chi connectivity index (χ1v) is 20.3. The minimum atomic E-state index is -0.855. The molecule has 14 nitrogen and oxygen atoms in total. The third kappa shape index (κ3) is 8.31. The number of ketones is 2. The molecule has 4 atom stereocenters. The molecule has 6 aromatic rings. The predicted octanol–water partition coefficient (Wildman–Crippen LogP) is 6.66. The van der Waals surface area contributed by atoms with E-state index in [0.29, 0.717) is 17.3 Å². The fourth-order valence-corrected chi connectivity index (χ4v) is 8.40. The molecule has 4 aromatic carbocycles. The van der Waals surface area contributed by atoms with Crippen molar-refractivity contribution in [3.8, 4) is 33.6 Å². The van der Waals surface area contributed by atoms with Crippen LogP contribution >= 0.6 is 0 Å². The molecule has 312 valence electrons. The van der Waals surface area contributed by atoms with Gasteiger partial charge in [0.1, 0.15) is 23.7 Å². The highest BCUT2D eigenvalue weighted by Gasteiger charge is 2.42. The van der Waals surface area contributed by atoms with Gasteiger partial charge < -0.3 is 29.8 Å². The number of aromatic nitrogens is 4. The molecule has 3 amide bonds. The van der Waals surface area contributed by atoms with Gasteiger partial charge in [-0.3, -0.25) is 24.1 Å². The van der Waals surface area contributed by atoms with Crippen LogP contribution in [0, 0.1) is 5.92 Å². The molecule has 0 spiro atoms. The molecule has 8 rings (SSSR count). The third-order valence-electron chi connectivity index (χ3n) is 11.6. The number of benzene rings is 4. The van der Waals surface area contributed by atoms with Crippen molar-refractivity contribution in [3.63, 3.8) is 0 Å². The van der Waals surface area contributed by atoms with Crippen LogP contribution in [-0.2, 0) is 23.9 Å². The molecule has 0 bridgehead atoms. The van der Waals surface area contributed by atoms with Gasteiger partial charge in [-0.15, -0.1) is 0 Å². The van der Waals surface area contributed by atoms with Gasteiger partial charge in [-0.1, -0.05) is 92.7 Å². The molecule has 61 heavy (non-hydrogen) atoms. The van der Waals surface area contributed by atoms with Crippen molar-refractivity contribution in [2.45, 2.75) is 50.9 Å². The molecule has 4 heterocycles. The van der Waals surface area contributed by atoms with Gasteiger partial charge in [0.15, 0.2) is 11.6 Å². The van der Waals surface area contributed by atoms with Crippen molar-refractivity contribution in [2.75, 3.05) is 34.3 Å². The Balaban J connectivity index is 0.960. The Morgan fingerprint density at radius 1 is 0.770 bits per heavy atom. The average Bonchev–Trinajstić information content (AvgIpc) is 4.09. The maximum Gasteiger partial charge on any atom is 0.407 e. The van der Waals surface area contributed by atoms with E-state index in [9.17, 15) is 24.0 Å². The van der Waals surface area contributed by atoms with Crippen molar-refractivity contribution in [3.05, 3.63) is 121 Å². The number of likely N-dealkylation sites (tertiary alicyclic amines) is 2. The van der Waals surface area contributed by atoms with E-state index < -0.39 is 30.3 Å². The van der Waals surface area contributed by atoms with Crippen molar-refractivity contribution >= 4 is 40.2 Å². The summed E-state index contributed by atoms with van der Waals surface area (Å²) in [6.45, 7) is 3.63. The van der Waals surface area contributed by atoms with E-state index in [1.807, 2.05) is 87.4 Å². The summed E-state index contributed by atoms with van der Waals surface area (Å²) >= 11 is 0. The quantitative estimate of drug-likeness (QED) is 0.129. The molecule has 0 saturated carbocycles. The lowest BCUT2D eigenvalue weighted by atomic mass is 9.98. The number of ether oxygens (including phenoxy) is 1. The number of fused-ring (bicyclic) bond motifs is 1. The summed E-state index contributed by atoms with van der Waals surface area (Å²) in [5, 5.41) is 4.67. The van der Waals surface area contributed by atoms with Crippen LogP contribution < -0.4 is 5.32 Å². The van der Waals surface area contributed by atoms with E-state index in [2.05, 4.69) is 56.7 Å². The third-order valence-corrected chi connectivity index (χ3v) is 11.6. The van der Waals surface area contributed by atoms with Crippen LogP contribution in [0.3, 0.4) is 0 Å². The summed E-state index contributed by atoms with van der Waals surface area (Å²) in [5.41, 5.74) is 6.23. The lowest BCUT2D eigenvalue weighted by Gasteiger charge is -2.31. The van der Waals surface area contributed by atoms with Crippen LogP contribution in [0.4, 0.5) is 4.79 Å². The summed E-state index contributed by atoms with van der Waals surface area (Å²) in [5.74, 6) is 0.277. The number of methoxy groups -OCH3 is 1. The number of H-pyrrole nitrogens is 2. The number of aromatic amines is 2. The number of carbonyl (C=O) groups is 5. The molecule has 0 aliphatic carbocycles. The number of imidazole rings is 2. The highest BCUT2D eigenvalue weighted by Crippen LogP contribution is 2.36. The normalized spacial score (nSPS) is 17.7. The Labute approximate surface area is 353 Å². The van der Waals surface area contributed by atoms with Gasteiger partial charge in [-0.2, -0.15) is 0 Å². The standard InChI is InChI=1S/C47H48N8O6/c1-27(2)41(52-47(60)61-5)45(58)54-25-35(56)21-39(54)43-49-24-38(51-43)34-18-17-32-19-31(15-16-33(32)20-34)28-11-13-29(14-12-28)37-23-48-44(50-37)40-22-36(57)26-55(40)46(59)42(53(3)4)30-9-7-6-8-10-30/h6-20,23-24,27,39-42H,21-22,25-26H2,1-5H3,(H,48,50)(H,49,51)(H,52,60)/t39-,40-,41-,42+/m0/s1. The van der Waals surface area contributed by atoms with Crippen molar-refractivity contribution in [2.24, 2.45) is 5.92 Å². The molecular weight excluding hydrogens is 773 g/mol. The first-order chi connectivity index (χ1) is 29.4. The van der Waals surface area contributed by atoms with Gasteiger partial charge in [0.05, 0.1) is 49.9 Å². The smallest absolute Gasteiger partial charge is 0.407 e. The van der Waals surface area contributed by atoms with Crippen LogP contribution in [0.25, 0.3) is 44.4 Å². The molecule has 2 aliphatic rings. The van der Waals surface area contributed by atoms with Crippen LogP contribution in [0.5, 0.6) is 0 Å². The number of nitrogens with zero attached hydrogens (tertiary/aromatic N) is 5. The van der Waals surface area contributed by atoms with Gasteiger partial charge in [0.2, 0.25) is 11.8 Å². The molecule has 0 radical (unpaired) electrons. The van der Waals surface area contributed by atoms with E-state index in [4.69, 9.17) is 9.72 Å². The minimum absolute atomic E-state index is 0.000646. The zero-order chi connectivity index (χ0) is 42.9. The van der Waals surface area contributed by atoms with Crippen LogP contribution in [0.2, 0.25) is 0 Å². The molecule has 2 aromatic heterocycles. The SMILES string of the molecule is COC(=O)N[C@H](C(=O)N1CC(=O)C[C@H]1c1nc(-c2ccc3cc(-c4ccc(-c5cnc([C@@H]6CC(=O)CN6C(=O)[C@@H](c6ccccc6)N(C)C)[nH]5)cc4)ccc3c2)c[nH]1)C(C)C. The van der Waals surface area contributed by atoms with Crippen LogP contribution in [0.15, 0.2) is 103 Å². The second kappa shape index (κ2) is 17.0. The lowest BCUT2D eigenvalue weighted by molar-refractivity contribution is -0.138. The summed E-state index contributed by atoms with van der Waals surface area (Å²) in [4.78, 5) is 85.9. The number of Topliss-reactive ketones (excluding diaryl/α,β-unsaturated/α-hetero) is 2. The van der Waals surface area contributed by atoms with E-state index in [0.717, 1.165) is 44.3 Å². The van der Waals surface area contributed by atoms with E-state index in [1.54, 1.807) is 17.3 Å². The van der Waals surface area contributed by atoms with Crippen molar-refractivity contribution in [1.82, 2.24) is 40.0 Å². The number of alkyl carbamates (subject to hydrolysis) is 1. The number of rotatable bonds is 11. The molecular formula is C47H48N8O6.